The van der Waals surface area contributed by atoms with Crippen LogP contribution >= 0.6 is 11.7 Å². The average molecular weight is 195 g/mol. The maximum absolute atomic E-state index is 5.16. The van der Waals surface area contributed by atoms with E-state index in [0.717, 1.165) is 24.5 Å². The lowest BCUT2D eigenvalue weighted by Crippen LogP contribution is -2.12. The lowest BCUT2D eigenvalue weighted by atomic mass is 10.4. The third kappa shape index (κ3) is 2.37. The zero-order valence-corrected chi connectivity index (χ0v) is 7.75. The molecule has 13 heavy (non-hydrogen) atoms. The largest absolute Gasteiger partial charge is 0.468 e. The normalized spacial score (nSPS) is 10.5. The van der Waals surface area contributed by atoms with Crippen LogP contribution in [0, 0.1) is 0 Å². The van der Waals surface area contributed by atoms with Gasteiger partial charge >= 0.3 is 0 Å². The third-order valence-corrected chi connectivity index (χ3v) is 2.11. The predicted octanol–water partition coefficient (Wildman–Crippen LogP) is 1.42. The van der Waals surface area contributed by atoms with Gasteiger partial charge in [0.25, 0.3) is 0 Å². The molecule has 0 saturated carbocycles. The van der Waals surface area contributed by atoms with Crippen LogP contribution in [0.1, 0.15) is 11.5 Å². The molecule has 0 aliphatic rings. The van der Waals surface area contributed by atoms with E-state index in [-0.39, 0.29) is 0 Å². The average Bonchev–Trinajstić information content (AvgIpc) is 2.75. The standard InChI is InChI=1S/C8H9N3OS/c1-2-8(12-3-1)6-9-4-7-5-10-13-11-7/h1-3,5,9H,4,6H2. The quantitative estimate of drug-likeness (QED) is 0.801. The summed E-state index contributed by atoms with van der Waals surface area (Å²) in [6.07, 6.45) is 3.43. The Morgan fingerprint density at radius 1 is 1.46 bits per heavy atom. The van der Waals surface area contributed by atoms with Crippen molar-refractivity contribution in [2.45, 2.75) is 13.1 Å². The van der Waals surface area contributed by atoms with E-state index < -0.39 is 0 Å². The highest BCUT2D eigenvalue weighted by Crippen LogP contribution is 2.00. The molecule has 0 aromatic carbocycles. The Hall–Kier alpha value is -1.20. The first-order valence-corrected chi connectivity index (χ1v) is 4.68. The van der Waals surface area contributed by atoms with E-state index in [9.17, 15) is 0 Å². The van der Waals surface area contributed by atoms with E-state index in [0.29, 0.717) is 0 Å². The van der Waals surface area contributed by atoms with Crippen LogP contribution in [0.3, 0.4) is 0 Å². The van der Waals surface area contributed by atoms with Crippen LogP contribution in [-0.4, -0.2) is 8.75 Å². The van der Waals surface area contributed by atoms with Gasteiger partial charge in [0.15, 0.2) is 0 Å². The van der Waals surface area contributed by atoms with Crippen molar-refractivity contribution in [2.75, 3.05) is 0 Å². The molecule has 2 aromatic rings. The molecule has 2 heterocycles. The molecule has 1 N–H and O–H groups in total. The summed E-state index contributed by atoms with van der Waals surface area (Å²) in [5.74, 6) is 0.934. The van der Waals surface area contributed by atoms with Crippen LogP contribution in [0.25, 0.3) is 0 Å². The molecule has 0 bridgehead atoms. The number of hydrogen-bond acceptors (Lipinski definition) is 5. The van der Waals surface area contributed by atoms with E-state index in [1.54, 1.807) is 12.5 Å². The first-order valence-electron chi connectivity index (χ1n) is 3.95. The molecule has 0 aliphatic heterocycles. The second-order valence-electron chi connectivity index (χ2n) is 2.58. The fraction of sp³-hybridized carbons (Fsp3) is 0.250. The van der Waals surface area contributed by atoms with Crippen molar-refractivity contribution in [1.29, 1.82) is 0 Å². The molecule has 2 rings (SSSR count). The van der Waals surface area contributed by atoms with Gasteiger partial charge < -0.3 is 9.73 Å². The molecular formula is C8H9N3OS. The molecule has 0 unspecified atom stereocenters. The Morgan fingerprint density at radius 3 is 3.15 bits per heavy atom. The summed E-state index contributed by atoms with van der Waals surface area (Å²) in [4.78, 5) is 0. The Labute approximate surface area is 79.9 Å². The summed E-state index contributed by atoms with van der Waals surface area (Å²) in [5.41, 5.74) is 0.969. The highest BCUT2D eigenvalue weighted by atomic mass is 32.1. The maximum Gasteiger partial charge on any atom is 0.117 e. The minimum Gasteiger partial charge on any atom is -0.468 e. The molecular weight excluding hydrogens is 186 g/mol. The van der Waals surface area contributed by atoms with E-state index in [4.69, 9.17) is 4.42 Å². The molecule has 0 radical (unpaired) electrons. The molecule has 4 nitrogen and oxygen atoms in total. The van der Waals surface area contributed by atoms with Crippen molar-refractivity contribution < 1.29 is 4.42 Å². The van der Waals surface area contributed by atoms with Gasteiger partial charge in [0.1, 0.15) is 5.76 Å². The summed E-state index contributed by atoms with van der Waals surface area (Å²) < 4.78 is 13.1. The smallest absolute Gasteiger partial charge is 0.117 e. The van der Waals surface area contributed by atoms with E-state index in [1.165, 1.54) is 11.7 Å². The van der Waals surface area contributed by atoms with Crippen molar-refractivity contribution in [3.8, 4) is 0 Å². The van der Waals surface area contributed by atoms with Crippen molar-refractivity contribution in [1.82, 2.24) is 14.1 Å². The monoisotopic (exact) mass is 195 g/mol. The fourth-order valence-electron chi connectivity index (χ4n) is 0.989. The number of aromatic nitrogens is 2. The molecule has 5 heteroatoms. The Morgan fingerprint density at radius 2 is 2.46 bits per heavy atom. The predicted molar refractivity (Wildman–Crippen MR) is 49.2 cm³/mol. The lowest BCUT2D eigenvalue weighted by Gasteiger charge is -1.97. The Bertz CT molecular complexity index is 296. The van der Waals surface area contributed by atoms with Gasteiger partial charge in [-0.2, -0.15) is 8.75 Å². The number of furan rings is 1. The molecule has 0 atom stereocenters. The van der Waals surface area contributed by atoms with Gasteiger partial charge in [-0.3, -0.25) is 0 Å². The number of rotatable bonds is 4. The van der Waals surface area contributed by atoms with Gasteiger partial charge in [0.2, 0.25) is 0 Å². The molecule has 0 saturated heterocycles. The molecule has 2 aromatic heterocycles. The SMILES string of the molecule is c1coc(CNCc2cnsn2)c1. The second-order valence-corrected chi connectivity index (χ2v) is 3.14. The minimum absolute atomic E-state index is 0.727. The number of nitrogens with zero attached hydrogens (tertiary/aromatic N) is 2. The first-order chi connectivity index (χ1) is 6.45. The second kappa shape index (κ2) is 4.15. The van der Waals surface area contributed by atoms with Crippen molar-refractivity contribution in [2.24, 2.45) is 0 Å². The molecule has 0 amide bonds. The Kier molecular flexibility index (Phi) is 2.68. The molecule has 68 valence electrons. The van der Waals surface area contributed by atoms with Crippen LogP contribution in [0.2, 0.25) is 0 Å². The van der Waals surface area contributed by atoms with E-state index in [2.05, 4.69) is 14.1 Å². The van der Waals surface area contributed by atoms with Crippen LogP contribution in [0.5, 0.6) is 0 Å². The van der Waals surface area contributed by atoms with Crippen molar-refractivity contribution in [3.63, 3.8) is 0 Å². The van der Waals surface area contributed by atoms with Crippen molar-refractivity contribution in [3.05, 3.63) is 36.0 Å². The van der Waals surface area contributed by atoms with Crippen LogP contribution in [0.15, 0.2) is 29.0 Å². The van der Waals surface area contributed by atoms with Gasteiger partial charge in [0.05, 0.1) is 36.4 Å². The van der Waals surface area contributed by atoms with Crippen LogP contribution in [-0.2, 0) is 13.1 Å². The highest BCUT2D eigenvalue weighted by molar-refractivity contribution is 6.99. The van der Waals surface area contributed by atoms with Gasteiger partial charge in [-0.15, -0.1) is 0 Å². The summed E-state index contributed by atoms with van der Waals surface area (Å²) in [5, 5.41) is 3.20. The molecule has 0 aliphatic carbocycles. The topological polar surface area (TPSA) is 51.0 Å². The maximum atomic E-state index is 5.16. The zero-order chi connectivity index (χ0) is 8.93. The van der Waals surface area contributed by atoms with Gasteiger partial charge in [-0.1, -0.05) is 0 Å². The summed E-state index contributed by atoms with van der Waals surface area (Å²) in [6.45, 7) is 1.46. The van der Waals surface area contributed by atoms with E-state index >= 15 is 0 Å². The summed E-state index contributed by atoms with van der Waals surface area (Å²) >= 11 is 1.22. The summed E-state index contributed by atoms with van der Waals surface area (Å²) in [7, 11) is 0. The lowest BCUT2D eigenvalue weighted by molar-refractivity contribution is 0.482. The Balaban J connectivity index is 1.76. The number of hydrogen-bond donors (Lipinski definition) is 1. The van der Waals surface area contributed by atoms with E-state index in [1.807, 2.05) is 12.1 Å². The minimum atomic E-state index is 0.727. The van der Waals surface area contributed by atoms with Gasteiger partial charge in [-0.25, -0.2) is 0 Å². The first kappa shape index (κ1) is 8.40. The van der Waals surface area contributed by atoms with Gasteiger partial charge in [-0.05, 0) is 12.1 Å². The summed E-state index contributed by atoms with van der Waals surface area (Å²) in [6, 6.07) is 3.81. The van der Waals surface area contributed by atoms with Crippen molar-refractivity contribution >= 4 is 11.7 Å². The zero-order valence-electron chi connectivity index (χ0n) is 6.93. The fourth-order valence-corrected chi connectivity index (χ4v) is 1.42. The van der Waals surface area contributed by atoms with Gasteiger partial charge in [0, 0.05) is 6.54 Å². The number of nitrogens with one attached hydrogen (secondary N) is 1. The highest BCUT2D eigenvalue weighted by Gasteiger charge is 1.97. The molecule has 0 fully saturated rings. The van der Waals surface area contributed by atoms with Crippen LogP contribution < -0.4 is 5.32 Å². The molecule has 0 spiro atoms. The van der Waals surface area contributed by atoms with Crippen LogP contribution in [0.4, 0.5) is 0 Å². The third-order valence-electron chi connectivity index (χ3n) is 1.59.